The molecule has 0 unspecified atom stereocenters. The van der Waals surface area contributed by atoms with Crippen molar-refractivity contribution in [1.29, 1.82) is 0 Å². The number of methoxy groups -OCH3 is 1. The standard InChI is InChI=1S/C11H21NO/c1-13-11-7-10(8-11)12-6-2-3-9-4-5-9/h9-12H,2-8H2,1H3. The van der Waals surface area contributed by atoms with Gasteiger partial charge in [0.25, 0.3) is 0 Å². The summed E-state index contributed by atoms with van der Waals surface area (Å²) in [5.41, 5.74) is 0. The van der Waals surface area contributed by atoms with E-state index >= 15 is 0 Å². The van der Waals surface area contributed by atoms with Crippen LogP contribution in [0.2, 0.25) is 0 Å². The number of nitrogens with one attached hydrogen (secondary N) is 1. The van der Waals surface area contributed by atoms with E-state index in [0.717, 1.165) is 12.0 Å². The largest absolute Gasteiger partial charge is 0.381 e. The molecule has 2 fully saturated rings. The molecular weight excluding hydrogens is 162 g/mol. The highest BCUT2D eigenvalue weighted by Crippen LogP contribution is 2.33. The van der Waals surface area contributed by atoms with Crippen molar-refractivity contribution in [3.63, 3.8) is 0 Å². The number of hydrogen-bond acceptors (Lipinski definition) is 2. The highest BCUT2D eigenvalue weighted by Gasteiger charge is 2.28. The van der Waals surface area contributed by atoms with Gasteiger partial charge in [0, 0.05) is 13.2 Å². The topological polar surface area (TPSA) is 21.3 Å². The Balaban J connectivity index is 1.41. The van der Waals surface area contributed by atoms with Crippen molar-refractivity contribution in [1.82, 2.24) is 5.32 Å². The minimum atomic E-state index is 0.543. The predicted octanol–water partition coefficient (Wildman–Crippen LogP) is 1.94. The first-order valence-corrected chi connectivity index (χ1v) is 5.64. The maximum absolute atomic E-state index is 5.23. The van der Waals surface area contributed by atoms with E-state index in [1.807, 2.05) is 7.11 Å². The molecule has 0 aromatic rings. The average molecular weight is 183 g/mol. The van der Waals surface area contributed by atoms with Crippen LogP contribution >= 0.6 is 0 Å². The first-order chi connectivity index (χ1) is 6.38. The lowest BCUT2D eigenvalue weighted by molar-refractivity contribution is 0.0175. The molecular formula is C11H21NO. The second kappa shape index (κ2) is 4.43. The summed E-state index contributed by atoms with van der Waals surface area (Å²) in [4.78, 5) is 0. The van der Waals surface area contributed by atoms with Crippen LogP contribution < -0.4 is 5.32 Å². The Kier molecular flexibility index (Phi) is 3.23. The minimum absolute atomic E-state index is 0.543. The van der Waals surface area contributed by atoms with E-state index in [1.54, 1.807) is 0 Å². The van der Waals surface area contributed by atoms with Gasteiger partial charge in [0.05, 0.1) is 6.10 Å². The van der Waals surface area contributed by atoms with Crippen LogP contribution in [0.3, 0.4) is 0 Å². The van der Waals surface area contributed by atoms with Crippen molar-refractivity contribution in [2.24, 2.45) is 5.92 Å². The van der Waals surface area contributed by atoms with Gasteiger partial charge >= 0.3 is 0 Å². The molecule has 2 aliphatic carbocycles. The molecule has 0 aliphatic heterocycles. The van der Waals surface area contributed by atoms with Crippen LogP contribution in [-0.4, -0.2) is 25.8 Å². The van der Waals surface area contributed by atoms with E-state index in [1.165, 1.54) is 45.1 Å². The predicted molar refractivity (Wildman–Crippen MR) is 53.8 cm³/mol. The van der Waals surface area contributed by atoms with Crippen LogP contribution in [0.15, 0.2) is 0 Å². The van der Waals surface area contributed by atoms with Gasteiger partial charge in [-0.05, 0) is 38.1 Å². The van der Waals surface area contributed by atoms with Gasteiger partial charge in [0.2, 0.25) is 0 Å². The molecule has 2 saturated carbocycles. The molecule has 2 rings (SSSR count). The van der Waals surface area contributed by atoms with E-state index in [2.05, 4.69) is 5.32 Å². The molecule has 2 aliphatic rings. The third kappa shape index (κ3) is 2.96. The zero-order chi connectivity index (χ0) is 9.10. The second-order valence-corrected chi connectivity index (χ2v) is 4.57. The SMILES string of the molecule is COC1CC(NCCCC2CC2)C1. The van der Waals surface area contributed by atoms with E-state index in [9.17, 15) is 0 Å². The summed E-state index contributed by atoms with van der Waals surface area (Å²) in [5, 5.41) is 3.59. The molecule has 2 nitrogen and oxygen atoms in total. The van der Waals surface area contributed by atoms with Crippen LogP contribution in [0.25, 0.3) is 0 Å². The number of ether oxygens (including phenoxy) is 1. The average Bonchev–Trinajstić information content (AvgIpc) is 2.84. The van der Waals surface area contributed by atoms with E-state index in [4.69, 9.17) is 4.74 Å². The Morgan fingerprint density at radius 2 is 2.08 bits per heavy atom. The highest BCUT2D eigenvalue weighted by atomic mass is 16.5. The van der Waals surface area contributed by atoms with Crippen molar-refractivity contribution in [2.75, 3.05) is 13.7 Å². The zero-order valence-electron chi connectivity index (χ0n) is 8.59. The maximum atomic E-state index is 5.23. The van der Waals surface area contributed by atoms with Crippen molar-refractivity contribution in [3.05, 3.63) is 0 Å². The van der Waals surface area contributed by atoms with Crippen LogP contribution in [-0.2, 0) is 4.74 Å². The lowest BCUT2D eigenvalue weighted by Crippen LogP contribution is -2.45. The van der Waals surface area contributed by atoms with Crippen LogP contribution in [0, 0.1) is 5.92 Å². The molecule has 76 valence electrons. The van der Waals surface area contributed by atoms with Gasteiger partial charge < -0.3 is 10.1 Å². The Morgan fingerprint density at radius 1 is 1.31 bits per heavy atom. The third-order valence-electron chi connectivity index (χ3n) is 3.35. The van der Waals surface area contributed by atoms with Gasteiger partial charge in [0.1, 0.15) is 0 Å². The molecule has 0 bridgehead atoms. The first kappa shape index (κ1) is 9.47. The van der Waals surface area contributed by atoms with Gasteiger partial charge in [-0.1, -0.05) is 12.8 Å². The van der Waals surface area contributed by atoms with Crippen LogP contribution in [0.5, 0.6) is 0 Å². The van der Waals surface area contributed by atoms with Crippen molar-refractivity contribution < 1.29 is 4.74 Å². The Bertz CT molecular complexity index is 150. The summed E-state index contributed by atoms with van der Waals surface area (Å²) < 4.78 is 5.23. The fourth-order valence-corrected chi connectivity index (χ4v) is 2.03. The number of rotatable bonds is 6. The second-order valence-electron chi connectivity index (χ2n) is 4.57. The molecule has 0 heterocycles. The van der Waals surface area contributed by atoms with E-state index < -0.39 is 0 Å². The molecule has 0 spiro atoms. The van der Waals surface area contributed by atoms with Crippen molar-refractivity contribution in [2.45, 2.75) is 50.7 Å². The van der Waals surface area contributed by atoms with Gasteiger partial charge in [-0.15, -0.1) is 0 Å². The van der Waals surface area contributed by atoms with Gasteiger partial charge in [-0.3, -0.25) is 0 Å². The number of hydrogen-bond donors (Lipinski definition) is 1. The lowest BCUT2D eigenvalue weighted by atomic mass is 9.89. The summed E-state index contributed by atoms with van der Waals surface area (Å²) in [6.07, 6.45) is 8.80. The summed E-state index contributed by atoms with van der Waals surface area (Å²) in [6, 6.07) is 0.754. The van der Waals surface area contributed by atoms with Crippen LogP contribution in [0.4, 0.5) is 0 Å². The monoisotopic (exact) mass is 183 g/mol. The fraction of sp³-hybridized carbons (Fsp3) is 1.00. The van der Waals surface area contributed by atoms with Crippen molar-refractivity contribution in [3.8, 4) is 0 Å². The Labute approximate surface area is 81.0 Å². The molecule has 0 atom stereocenters. The fourth-order valence-electron chi connectivity index (χ4n) is 2.03. The first-order valence-electron chi connectivity index (χ1n) is 5.64. The lowest BCUT2D eigenvalue weighted by Gasteiger charge is -2.34. The maximum Gasteiger partial charge on any atom is 0.0601 e. The van der Waals surface area contributed by atoms with E-state index in [0.29, 0.717) is 6.10 Å². The molecule has 0 radical (unpaired) electrons. The molecule has 0 saturated heterocycles. The molecule has 0 aromatic heterocycles. The van der Waals surface area contributed by atoms with Gasteiger partial charge in [0.15, 0.2) is 0 Å². The normalized spacial score (nSPS) is 33.0. The van der Waals surface area contributed by atoms with Crippen molar-refractivity contribution >= 4 is 0 Å². The van der Waals surface area contributed by atoms with Crippen LogP contribution in [0.1, 0.15) is 38.5 Å². The smallest absolute Gasteiger partial charge is 0.0601 e. The molecule has 0 amide bonds. The molecule has 13 heavy (non-hydrogen) atoms. The summed E-state index contributed by atoms with van der Waals surface area (Å²) in [7, 11) is 1.81. The molecule has 1 N–H and O–H groups in total. The zero-order valence-corrected chi connectivity index (χ0v) is 8.59. The van der Waals surface area contributed by atoms with Gasteiger partial charge in [-0.2, -0.15) is 0 Å². The minimum Gasteiger partial charge on any atom is -0.381 e. The third-order valence-corrected chi connectivity index (χ3v) is 3.35. The summed E-state index contributed by atoms with van der Waals surface area (Å²) in [5.74, 6) is 1.09. The summed E-state index contributed by atoms with van der Waals surface area (Å²) in [6.45, 7) is 1.22. The Morgan fingerprint density at radius 3 is 2.69 bits per heavy atom. The highest BCUT2D eigenvalue weighted by molar-refractivity contribution is 4.85. The summed E-state index contributed by atoms with van der Waals surface area (Å²) >= 11 is 0. The molecule has 0 aromatic carbocycles. The quantitative estimate of drug-likeness (QED) is 0.635. The Hall–Kier alpha value is -0.0800. The van der Waals surface area contributed by atoms with E-state index in [-0.39, 0.29) is 0 Å². The molecule has 2 heteroatoms. The van der Waals surface area contributed by atoms with Gasteiger partial charge in [-0.25, -0.2) is 0 Å².